The molecular formula is C22H48N2. The van der Waals surface area contributed by atoms with E-state index in [1.54, 1.807) is 0 Å². The van der Waals surface area contributed by atoms with E-state index in [9.17, 15) is 0 Å². The lowest BCUT2D eigenvalue weighted by Crippen LogP contribution is -2.15. The van der Waals surface area contributed by atoms with E-state index < -0.39 is 0 Å². The molecule has 2 nitrogen and oxygen atoms in total. The predicted octanol–water partition coefficient (Wildman–Crippen LogP) is 6.45. The molecule has 0 radical (unpaired) electrons. The highest BCUT2D eigenvalue weighted by atomic mass is 14.8. The highest BCUT2D eigenvalue weighted by Crippen LogP contribution is 2.12. The molecule has 0 atom stereocenters. The fourth-order valence-electron chi connectivity index (χ4n) is 3.22. The Morgan fingerprint density at radius 1 is 0.333 bits per heavy atom. The van der Waals surface area contributed by atoms with Crippen LogP contribution in [-0.4, -0.2) is 26.2 Å². The second-order valence-corrected chi connectivity index (χ2v) is 7.45. The summed E-state index contributed by atoms with van der Waals surface area (Å²) in [6.07, 6.45) is 22.7. The SMILES string of the molecule is CCCNCCCCCCCCCCCCCCCCNCCC. The molecule has 0 aromatic carbocycles. The van der Waals surface area contributed by atoms with Gasteiger partial charge in [0.15, 0.2) is 0 Å². The molecule has 0 aliphatic rings. The van der Waals surface area contributed by atoms with Gasteiger partial charge in [-0.05, 0) is 51.9 Å². The van der Waals surface area contributed by atoms with Crippen molar-refractivity contribution in [2.24, 2.45) is 0 Å². The molecule has 2 heteroatoms. The van der Waals surface area contributed by atoms with E-state index in [4.69, 9.17) is 0 Å². The van der Waals surface area contributed by atoms with E-state index in [0.29, 0.717) is 0 Å². The average molecular weight is 341 g/mol. The van der Waals surface area contributed by atoms with Gasteiger partial charge < -0.3 is 10.6 Å². The Bertz CT molecular complexity index is 184. The van der Waals surface area contributed by atoms with E-state index in [1.807, 2.05) is 0 Å². The van der Waals surface area contributed by atoms with Crippen molar-refractivity contribution < 1.29 is 0 Å². The number of rotatable bonds is 21. The van der Waals surface area contributed by atoms with Gasteiger partial charge in [-0.3, -0.25) is 0 Å². The first kappa shape index (κ1) is 23.9. The van der Waals surface area contributed by atoms with Crippen molar-refractivity contribution in [2.45, 2.75) is 117 Å². The Balaban J connectivity index is 2.93. The van der Waals surface area contributed by atoms with Gasteiger partial charge in [0.1, 0.15) is 0 Å². The fraction of sp³-hybridized carbons (Fsp3) is 1.00. The third kappa shape index (κ3) is 21.9. The van der Waals surface area contributed by atoms with Crippen LogP contribution in [0.3, 0.4) is 0 Å². The van der Waals surface area contributed by atoms with Crippen molar-refractivity contribution in [3.63, 3.8) is 0 Å². The first-order chi connectivity index (χ1) is 11.9. The molecule has 146 valence electrons. The first-order valence-electron chi connectivity index (χ1n) is 11.3. The van der Waals surface area contributed by atoms with E-state index >= 15 is 0 Å². The Labute approximate surface area is 154 Å². The molecule has 0 unspecified atom stereocenters. The molecular weight excluding hydrogens is 292 g/mol. The van der Waals surface area contributed by atoms with Crippen LogP contribution in [0.15, 0.2) is 0 Å². The van der Waals surface area contributed by atoms with Crippen LogP contribution in [0.1, 0.15) is 117 Å². The predicted molar refractivity (Wildman–Crippen MR) is 111 cm³/mol. The van der Waals surface area contributed by atoms with E-state index in [0.717, 1.165) is 0 Å². The van der Waals surface area contributed by atoms with Crippen molar-refractivity contribution in [1.29, 1.82) is 0 Å². The average Bonchev–Trinajstić information content (AvgIpc) is 2.60. The van der Waals surface area contributed by atoms with Crippen LogP contribution in [0, 0.1) is 0 Å². The summed E-state index contributed by atoms with van der Waals surface area (Å²) in [7, 11) is 0. The van der Waals surface area contributed by atoms with Gasteiger partial charge in [0.2, 0.25) is 0 Å². The minimum absolute atomic E-state index is 1.19. The van der Waals surface area contributed by atoms with Crippen LogP contribution in [0.4, 0.5) is 0 Å². The summed E-state index contributed by atoms with van der Waals surface area (Å²) in [6, 6.07) is 0. The summed E-state index contributed by atoms with van der Waals surface area (Å²) >= 11 is 0. The summed E-state index contributed by atoms with van der Waals surface area (Å²) in [6.45, 7) is 9.30. The molecule has 0 saturated carbocycles. The summed E-state index contributed by atoms with van der Waals surface area (Å²) < 4.78 is 0. The molecule has 0 rings (SSSR count). The Morgan fingerprint density at radius 3 is 0.833 bits per heavy atom. The van der Waals surface area contributed by atoms with Crippen molar-refractivity contribution in [3.05, 3.63) is 0 Å². The van der Waals surface area contributed by atoms with Crippen molar-refractivity contribution in [2.75, 3.05) is 26.2 Å². The van der Waals surface area contributed by atoms with Crippen LogP contribution in [-0.2, 0) is 0 Å². The van der Waals surface area contributed by atoms with Gasteiger partial charge in [-0.15, -0.1) is 0 Å². The maximum atomic E-state index is 3.49. The lowest BCUT2D eigenvalue weighted by molar-refractivity contribution is 0.524. The zero-order valence-electron chi connectivity index (χ0n) is 17.1. The van der Waals surface area contributed by atoms with Gasteiger partial charge in [-0.1, -0.05) is 90.9 Å². The number of hydrogen-bond donors (Lipinski definition) is 2. The third-order valence-corrected chi connectivity index (χ3v) is 4.81. The Morgan fingerprint density at radius 2 is 0.583 bits per heavy atom. The smallest absolute Gasteiger partial charge is 0.00489 e. The van der Waals surface area contributed by atoms with E-state index in [-0.39, 0.29) is 0 Å². The number of hydrogen-bond acceptors (Lipinski definition) is 2. The minimum atomic E-state index is 1.19. The lowest BCUT2D eigenvalue weighted by atomic mass is 10.0. The molecule has 0 aliphatic heterocycles. The molecule has 0 bridgehead atoms. The normalized spacial score (nSPS) is 11.2. The van der Waals surface area contributed by atoms with E-state index in [1.165, 1.54) is 129 Å². The molecule has 2 N–H and O–H groups in total. The molecule has 0 fully saturated rings. The van der Waals surface area contributed by atoms with Crippen molar-refractivity contribution in [3.8, 4) is 0 Å². The van der Waals surface area contributed by atoms with Gasteiger partial charge >= 0.3 is 0 Å². The first-order valence-corrected chi connectivity index (χ1v) is 11.3. The van der Waals surface area contributed by atoms with Crippen molar-refractivity contribution >= 4 is 0 Å². The molecule has 0 aromatic heterocycles. The third-order valence-electron chi connectivity index (χ3n) is 4.81. The molecule has 0 aromatic rings. The highest BCUT2D eigenvalue weighted by Gasteiger charge is 1.94. The monoisotopic (exact) mass is 340 g/mol. The molecule has 0 spiro atoms. The van der Waals surface area contributed by atoms with Crippen LogP contribution in [0.25, 0.3) is 0 Å². The lowest BCUT2D eigenvalue weighted by Gasteiger charge is -2.05. The molecule has 0 aliphatic carbocycles. The summed E-state index contributed by atoms with van der Waals surface area (Å²) in [4.78, 5) is 0. The zero-order chi connectivity index (χ0) is 17.6. The maximum absolute atomic E-state index is 3.49. The molecule has 24 heavy (non-hydrogen) atoms. The zero-order valence-corrected chi connectivity index (χ0v) is 17.1. The Kier molecular flexibility index (Phi) is 22.8. The largest absolute Gasteiger partial charge is 0.317 e. The van der Waals surface area contributed by atoms with Crippen LogP contribution in [0.2, 0.25) is 0 Å². The van der Waals surface area contributed by atoms with Gasteiger partial charge in [0.25, 0.3) is 0 Å². The summed E-state index contributed by atoms with van der Waals surface area (Å²) in [5.74, 6) is 0. The molecule has 0 heterocycles. The van der Waals surface area contributed by atoms with Crippen LogP contribution in [0.5, 0.6) is 0 Å². The van der Waals surface area contributed by atoms with Gasteiger partial charge in [-0.25, -0.2) is 0 Å². The second kappa shape index (κ2) is 22.9. The standard InChI is InChI=1S/C22H48N2/c1-3-19-23-21-17-15-13-11-9-7-5-6-8-10-12-14-16-18-22-24-20-4-2/h23-24H,3-22H2,1-2H3. The van der Waals surface area contributed by atoms with Gasteiger partial charge in [0.05, 0.1) is 0 Å². The van der Waals surface area contributed by atoms with Crippen LogP contribution < -0.4 is 10.6 Å². The topological polar surface area (TPSA) is 24.1 Å². The number of unbranched alkanes of at least 4 members (excludes halogenated alkanes) is 13. The van der Waals surface area contributed by atoms with Crippen molar-refractivity contribution in [1.82, 2.24) is 10.6 Å². The number of nitrogens with one attached hydrogen (secondary N) is 2. The second-order valence-electron chi connectivity index (χ2n) is 7.45. The van der Waals surface area contributed by atoms with E-state index in [2.05, 4.69) is 24.5 Å². The quantitative estimate of drug-likeness (QED) is 0.235. The van der Waals surface area contributed by atoms with Gasteiger partial charge in [0, 0.05) is 0 Å². The Hall–Kier alpha value is -0.0800. The highest BCUT2D eigenvalue weighted by molar-refractivity contribution is 4.52. The minimum Gasteiger partial charge on any atom is -0.317 e. The molecule has 0 amide bonds. The fourth-order valence-corrected chi connectivity index (χ4v) is 3.22. The maximum Gasteiger partial charge on any atom is -0.00489 e. The molecule has 0 saturated heterocycles. The summed E-state index contributed by atoms with van der Waals surface area (Å²) in [5.41, 5.74) is 0. The van der Waals surface area contributed by atoms with Gasteiger partial charge in [-0.2, -0.15) is 0 Å². The van der Waals surface area contributed by atoms with Crippen LogP contribution >= 0.6 is 0 Å². The summed E-state index contributed by atoms with van der Waals surface area (Å²) in [5, 5.41) is 6.97.